The standard InChI is InChI=1S/C24H23FN2O4S/c1-16-10-11-19(25)14-21(16)22(17(2)27-15-23(28)29)13-18-7-6-12-26-24(18)32(30,31)20-8-4-3-5-9-20/h3-12,14,27H,13,15H2,1-2H3,(H,28,29)/b22-17-. The Labute approximate surface area is 186 Å². The third-order valence-corrected chi connectivity index (χ3v) is 6.78. The predicted octanol–water partition coefficient (Wildman–Crippen LogP) is 4.01. The molecule has 0 spiro atoms. The van der Waals surface area contributed by atoms with Crippen molar-refractivity contribution in [2.45, 2.75) is 30.2 Å². The molecule has 8 heteroatoms. The van der Waals surface area contributed by atoms with Crippen LogP contribution in [-0.2, 0) is 21.1 Å². The van der Waals surface area contributed by atoms with Gasteiger partial charge in [-0.05, 0) is 66.4 Å². The Balaban J connectivity index is 2.13. The normalized spacial score (nSPS) is 12.2. The van der Waals surface area contributed by atoms with E-state index in [2.05, 4.69) is 10.3 Å². The van der Waals surface area contributed by atoms with Gasteiger partial charge in [0.05, 0.1) is 4.90 Å². The van der Waals surface area contributed by atoms with Crippen LogP contribution >= 0.6 is 0 Å². The lowest BCUT2D eigenvalue weighted by Crippen LogP contribution is -2.22. The molecule has 0 atom stereocenters. The lowest BCUT2D eigenvalue weighted by atomic mass is 9.93. The Hall–Kier alpha value is -3.52. The molecule has 0 radical (unpaired) electrons. The van der Waals surface area contributed by atoms with Gasteiger partial charge in [-0.15, -0.1) is 0 Å². The summed E-state index contributed by atoms with van der Waals surface area (Å²) >= 11 is 0. The molecule has 1 aromatic heterocycles. The number of allylic oxidation sites excluding steroid dienone is 2. The van der Waals surface area contributed by atoms with Gasteiger partial charge in [0, 0.05) is 18.3 Å². The van der Waals surface area contributed by atoms with Crippen molar-refractivity contribution < 1.29 is 22.7 Å². The van der Waals surface area contributed by atoms with E-state index < -0.39 is 21.6 Å². The lowest BCUT2D eigenvalue weighted by molar-refractivity contribution is -0.135. The number of aromatic nitrogens is 1. The SMILES string of the molecule is C/C(NCC(=O)O)=C(\Cc1cccnc1S(=O)(=O)c1ccccc1)c1cc(F)ccc1C. The van der Waals surface area contributed by atoms with Crippen LogP contribution in [0.3, 0.4) is 0 Å². The summed E-state index contributed by atoms with van der Waals surface area (Å²) in [5.41, 5.74) is 2.85. The zero-order valence-corrected chi connectivity index (χ0v) is 18.5. The topological polar surface area (TPSA) is 96.4 Å². The average Bonchev–Trinajstić information content (AvgIpc) is 2.78. The quantitative estimate of drug-likeness (QED) is 0.534. The fraction of sp³-hybridized carbons (Fsp3) is 0.167. The van der Waals surface area contributed by atoms with Crippen molar-refractivity contribution >= 4 is 21.4 Å². The number of aliphatic carboxylic acids is 1. The molecular weight excluding hydrogens is 431 g/mol. The highest BCUT2D eigenvalue weighted by Gasteiger charge is 2.24. The molecule has 0 bridgehead atoms. The number of carbonyl (C=O) groups is 1. The molecule has 0 aliphatic rings. The Morgan fingerprint density at radius 2 is 1.81 bits per heavy atom. The summed E-state index contributed by atoms with van der Waals surface area (Å²) in [6.45, 7) is 3.17. The molecule has 6 nitrogen and oxygen atoms in total. The molecule has 0 aliphatic carbocycles. The first-order valence-electron chi connectivity index (χ1n) is 9.86. The van der Waals surface area contributed by atoms with E-state index in [9.17, 15) is 17.6 Å². The van der Waals surface area contributed by atoms with Gasteiger partial charge in [0.2, 0.25) is 9.84 Å². The van der Waals surface area contributed by atoms with Crippen molar-refractivity contribution in [2.24, 2.45) is 0 Å². The molecule has 0 saturated heterocycles. The molecule has 2 N–H and O–H groups in total. The summed E-state index contributed by atoms with van der Waals surface area (Å²) in [4.78, 5) is 15.3. The number of hydrogen-bond acceptors (Lipinski definition) is 5. The summed E-state index contributed by atoms with van der Waals surface area (Å²) in [5.74, 6) is -1.49. The van der Waals surface area contributed by atoms with E-state index in [4.69, 9.17) is 5.11 Å². The van der Waals surface area contributed by atoms with E-state index in [1.54, 1.807) is 43.3 Å². The van der Waals surface area contributed by atoms with Gasteiger partial charge in [-0.1, -0.05) is 30.3 Å². The van der Waals surface area contributed by atoms with E-state index in [-0.39, 0.29) is 22.9 Å². The monoisotopic (exact) mass is 454 g/mol. The molecule has 1 heterocycles. The van der Waals surface area contributed by atoms with Gasteiger partial charge >= 0.3 is 5.97 Å². The minimum Gasteiger partial charge on any atom is -0.480 e. The average molecular weight is 455 g/mol. The van der Waals surface area contributed by atoms with Crippen LogP contribution in [0.15, 0.2) is 82.5 Å². The minimum absolute atomic E-state index is 0.0937. The van der Waals surface area contributed by atoms with Crippen molar-refractivity contribution in [3.63, 3.8) is 0 Å². The number of halogens is 1. The van der Waals surface area contributed by atoms with Crippen molar-refractivity contribution in [1.82, 2.24) is 10.3 Å². The van der Waals surface area contributed by atoms with Crippen LogP contribution in [0.5, 0.6) is 0 Å². The van der Waals surface area contributed by atoms with Gasteiger partial charge in [-0.25, -0.2) is 17.8 Å². The number of aryl methyl sites for hydroxylation is 1. The first kappa shape index (κ1) is 23.1. The fourth-order valence-electron chi connectivity index (χ4n) is 3.37. The zero-order valence-electron chi connectivity index (χ0n) is 17.7. The molecule has 2 aromatic carbocycles. The highest BCUT2D eigenvalue weighted by atomic mass is 32.2. The predicted molar refractivity (Wildman–Crippen MR) is 119 cm³/mol. The largest absolute Gasteiger partial charge is 0.480 e. The third kappa shape index (κ3) is 5.20. The second-order valence-electron chi connectivity index (χ2n) is 7.27. The Kier molecular flexibility index (Phi) is 7.05. The Bertz CT molecular complexity index is 1270. The molecule has 0 aliphatic heterocycles. The summed E-state index contributed by atoms with van der Waals surface area (Å²) in [6, 6.07) is 15.6. The first-order chi connectivity index (χ1) is 15.2. The lowest BCUT2D eigenvalue weighted by Gasteiger charge is -2.18. The second kappa shape index (κ2) is 9.74. The van der Waals surface area contributed by atoms with Crippen LogP contribution in [0.1, 0.15) is 23.6 Å². The van der Waals surface area contributed by atoms with Crippen LogP contribution in [0, 0.1) is 12.7 Å². The number of benzene rings is 2. The molecule has 0 fully saturated rings. The summed E-state index contributed by atoms with van der Waals surface area (Å²) in [5, 5.41) is 11.8. The zero-order chi connectivity index (χ0) is 23.3. The highest BCUT2D eigenvalue weighted by molar-refractivity contribution is 7.91. The number of rotatable bonds is 8. The number of sulfone groups is 1. The first-order valence-corrected chi connectivity index (χ1v) is 11.3. The Morgan fingerprint density at radius 3 is 2.50 bits per heavy atom. The second-order valence-corrected chi connectivity index (χ2v) is 9.14. The van der Waals surface area contributed by atoms with Crippen molar-refractivity contribution in [3.8, 4) is 0 Å². The van der Waals surface area contributed by atoms with Gasteiger partial charge in [0.1, 0.15) is 12.4 Å². The van der Waals surface area contributed by atoms with Crippen LogP contribution in [0.25, 0.3) is 5.57 Å². The van der Waals surface area contributed by atoms with Crippen LogP contribution in [-0.4, -0.2) is 31.0 Å². The maximum absolute atomic E-state index is 14.1. The van der Waals surface area contributed by atoms with Crippen molar-refractivity contribution in [3.05, 3.63) is 95.1 Å². The van der Waals surface area contributed by atoms with Crippen LogP contribution in [0.2, 0.25) is 0 Å². The number of pyridine rings is 1. The molecular formula is C24H23FN2O4S. The van der Waals surface area contributed by atoms with Gasteiger partial charge in [-0.3, -0.25) is 4.79 Å². The number of nitrogens with one attached hydrogen (secondary N) is 1. The van der Waals surface area contributed by atoms with Crippen LogP contribution in [0.4, 0.5) is 4.39 Å². The molecule has 0 amide bonds. The van der Waals surface area contributed by atoms with E-state index in [0.717, 1.165) is 5.56 Å². The van der Waals surface area contributed by atoms with E-state index in [0.29, 0.717) is 22.4 Å². The van der Waals surface area contributed by atoms with Gasteiger partial charge in [0.25, 0.3) is 0 Å². The molecule has 3 rings (SSSR count). The summed E-state index contributed by atoms with van der Waals surface area (Å²) < 4.78 is 40.6. The van der Waals surface area contributed by atoms with Crippen LogP contribution < -0.4 is 5.32 Å². The van der Waals surface area contributed by atoms with E-state index >= 15 is 0 Å². The smallest absolute Gasteiger partial charge is 0.322 e. The molecule has 32 heavy (non-hydrogen) atoms. The summed E-state index contributed by atoms with van der Waals surface area (Å²) in [6.07, 6.45) is 1.52. The van der Waals surface area contributed by atoms with Gasteiger partial charge in [-0.2, -0.15) is 0 Å². The number of carboxylic acid groups (broad SMARTS) is 1. The third-order valence-electron chi connectivity index (χ3n) is 5.01. The highest BCUT2D eigenvalue weighted by Crippen LogP contribution is 2.30. The molecule has 0 unspecified atom stereocenters. The molecule has 3 aromatic rings. The van der Waals surface area contributed by atoms with Crippen molar-refractivity contribution in [2.75, 3.05) is 6.54 Å². The van der Waals surface area contributed by atoms with Crippen molar-refractivity contribution in [1.29, 1.82) is 0 Å². The maximum Gasteiger partial charge on any atom is 0.322 e. The van der Waals surface area contributed by atoms with E-state index in [1.807, 2.05) is 6.92 Å². The fourth-order valence-corrected chi connectivity index (χ4v) is 4.79. The van der Waals surface area contributed by atoms with Gasteiger partial charge < -0.3 is 10.4 Å². The molecule has 0 saturated carbocycles. The minimum atomic E-state index is -3.89. The maximum atomic E-state index is 14.1. The molecule has 166 valence electrons. The summed E-state index contributed by atoms with van der Waals surface area (Å²) in [7, 11) is -3.89. The van der Waals surface area contributed by atoms with Gasteiger partial charge in [0.15, 0.2) is 5.03 Å². The number of hydrogen-bond donors (Lipinski definition) is 2. The number of carboxylic acids is 1. The Morgan fingerprint density at radius 1 is 1.09 bits per heavy atom. The van der Waals surface area contributed by atoms with E-state index in [1.165, 1.54) is 30.5 Å². The number of nitrogens with zero attached hydrogens (tertiary/aromatic N) is 1.